The van der Waals surface area contributed by atoms with Gasteiger partial charge in [-0.1, -0.05) is 30.3 Å². The summed E-state index contributed by atoms with van der Waals surface area (Å²) in [6.45, 7) is 0.578. The van der Waals surface area contributed by atoms with E-state index in [1.165, 1.54) is 0 Å². The van der Waals surface area contributed by atoms with Crippen LogP contribution in [0.25, 0.3) is 0 Å². The summed E-state index contributed by atoms with van der Waals surface area (Å²) >= 11 is 0. The van der Waals surface area contributed by atoms with Crippen LogP contribution in [0.15, 0.2) is 30.3 Å². The number of rotatable bonds is 5. The number of hydrogen-bond donors (Lipinski definition) is 2. The maximum atomic E-state index is 10.0. The van der Waals surface area contributed by atoms with Crippen molar-refractivity contribution in [1.82, 2.24) is 5.32 Å². The Kier molecular flexibility index (Phi) is 3.78. The zero-order chi connectivity index (χ0) is 12.1. The molecule has 0 heterocycles. The number of hydrogen-bond acceptors (Lipinski definition) is 3. The average Bonchev–Trinajstić information content (AvgIpc) is 2.33. The van der Waals surface area contributed by atoms with Crippen molar-refractivity contribution >= 4 is 0 Å². The summed E-state index contributed by atoms with van der Waals surface area (Å²) in [5.74, 6) is 0. The summed E-state index contributed by atoms with van der Waals surface area (Å²) in [5, 5.41) is 22.2. The van der Waals surface area contributed by atoms with Gasteiger partial charge in [0.1, 0.15) is 0 Å². The first kappa shape index (κ1) is 12.1. The van der Waals surface area contributed by atoms with Crippen LogP contribution in [-0.2, 0) is 0 Å². The zero-order valence-corrected chi connectivity index (χ0v) is 9.89. The van der Waals surface area contributed by atoms with Crippen LogP contribution in [-0.4, -0.2) is 17.3 Å². The minimum absolute atomic E-state index is 0.0193. The number of nitriles is 1. The Morgan fingerprint density at radius 2 is 2.06 bits per heavy atom. The molecule has 1 aromatic rings. The molecular formula is C14H18N2O. The molecule has 90 valence electrons. The van der Waals surface area contributed by atoms with Crippen LogP contribution in [0.1, 0.15) is 37.3 Å². The number of nitrogens with one attached hydrogen (secondary N) is 1. The Morgan fingerprint density at radius 3 is 2.59 bits per heavy atom. The molecule has 1 aromatic carbocycles. The Morgan fingerprint density at radius 1 is 1.35 bits per heavy atom. The molecule has 3 heteroatoms. The van der Waals surface area contributed by atoms with Crippen LogP contribution >= 0.6 is 0 Å². The molecule has 0 bridgehead atoms. The van der Waals surface area contributed by atoms with Gasteiger partial charge in [0.15, 0.2) is 0 Å². The lowest BCUT2D eigenvalue weighted by Gasteiger charge is -2.37. The monoisotopic (exact) mass is 230 g/mol. The third kappa shape index (κ3) is 3.06. The molecule has 0 spiro atoms. The van der Waals surface area contributed by atoms with E-state index in [4.69, 9.17) is 5.26 Å². The molecule has 2 rings (SSSR count). The zero-order valence-electron chi connectivity index (χ0n) is 9.89. The van der Waals surface area contributed by atoms with E-state index in [0.717, 1.165) is 24.8 Å². The highest BCUT2D eigenvalue weighted by atomic mass is 16.3. The van der Waals surface area contributed by atoms with E-state index in [9.17, 15) is 5.11 Å². The number of benzene rings is 1. The first-order valence-corrected chi connectivity index (χ1v) is 6.11. The second-order valence-electron chi connectivity index (χ2n) is 4.78. The maximum absolute atomic E-state index is 10.0. The third-order valence-electron chi connectivity index (χ3n) is 3.46. The van der Waals surface area contributed by atoms with Crippen molar-refractivity contribution in [3.05, 3.63) is 35.9 Å². The molecule has 1 fully saturated rings. The van der Waals surface area contributed by atoms with Crippen LogP contribution in [0.2, 0.25) is 0 Å². The summed E-state index contributed by atoms with van der Waals surface area (Å²) in [5.41, 5.74) is 0.569. The molecule has 1 atom stereocenters. The summed E-state index contributed by atoms with van der Waals surface area (Å²) in [6, 6.07) is 12.1. The Balaban J connectivity index is 1.96. The second kappa shape index (κ2) is 5.31. The van der Waals surface area contributed by atoms with Gasteiger partial charge >= 0.3 is 0 Å². The molecule has 1 saturated carbocycles. The van der Waals surface area contributed by atoms with Crippen molar-refractivity contribution in [2.24, 2.45) is 0 Å². The molecule has 0 radical (unpaired) electrons. The molecule has 0 amide bonds. The fraction of sp³-hybridized carbons (Fsp3) is 0.500. The molecule has 0 saturated heterocycles. The van der Waals surface area contributed by atoms with E-state index < -0.39 is 5.60 Å². The third-order valence-corrected chi connectivity index (χ3v) is 3.46. The summed E-state index contributed by atoms with van der Waals surface area (Å²) < 4.78 is 0. The molecule has 0 aromatic heterocycles. The molecule has 1 aliphatic rings. The SMILES string of the molecule is N#CCC(NCC1(O)CCC1)c1ccccc1. The van der Waals surface area contributed by atoms with E-state index >= 15 is 0 Å². The maximum Gasteiger partial charge on any atom is 0.0771 e. The second-order valence-corrected chi connectivity index (χ2v) is 4.78. The van der Waals surface area contributed by atoms with Crippen LogP contribution in [0.5, 0.6) is 0 Å². The normalized spacial score (nSPS) is 19.1. The van der Waals surface area contributed by atoms with E-state index in [0.29, 0.717) is 13.0 Å². The summed E-state index contributed by atoms with van der Waals surface area (Å²) in [4.78, 5) is 0. The average molecular weight is 230 g/mol. The van der Waals surface area contributed by atoms with Gasteiger partial charge in [0.25, 0.3) is 0 Å². The van der Waals surface area contributed by atoms with E-state index in [2.05, 4.69) is 11.4 Å². The molecular weight excluding hydrogens is 212 g/mol. The highest BCUT2D eigenvalue weighted by Gasteiger charge is 2.34. The van der Waals surface area contributed by atoms with Gasteiger partial charge in [0.2, 0.25) is 0 Å². The van der Waals surface area contributed by atoms with E-state index in [-0.39, 0.29) is 6.04 Å². The van der Waals surface area contributed by atoms with Gasteiger partial charge < -0.3 is 10.4 Å². The van der Waals surface area contributed by atoms with Crippen LogP contribution < -0.4 is 5.32 Å². The Hall–Kier alpha value is -1.37. The lowest BCUT2D eigenvalue weighted by Crippen LogP contribution is -2.47. The minimum atomic E-state index is -0.539. The fourth-order valence-corrected chi connectivity index (χ4v) is 2.16. The standard InChI is InChI=1S/C14H18N2O/c15-10-7-13(12-5-2-1-3-6-12)16-11-14(17)8-4-9-14/h1-3,5-6,13,16-17H,4,7-9,11H2. The van der Waals surface area contributed by atoms with Gasteiger partial charge in [-0.15, -0.1) is 0 Å². The van der Waals surface area contributed by atoms with Gasteiger partial charge in [-0.2, -0.15) is 5.26 Å². The highest BCUT2D eigenvalue weighted by molar-refractivity contribution is 5.20. The van der Waals surface area contributed by atoms with Gasteiger partial charge in [0, 0.05) is 12.6 Å². The van der Waals surface area contributed by atoms with Gasteiger partial charge in [-0.05, 0) is 24.8 Å². The lowest BCUT2D eigenvalue weighted by molar-refractivity contribution is -0.0332. The number of nitrogens with zero attached hydrogens (tertiary/aromatic N) is 1. The quantitative estimate of drug-likeness (QED) is 0.815. The smallest absolute Gasteiger partial charge is 0.0771 e. The predicted octanol–water partition coefficient (Wildman–Crippen LogP) is 2.15. The number of aliphatic hydroxyl groups is 1. The van der Waals surface area contributed by atoms with Crippen molar-refractivity contribution in [2.75, 3.05) is 6.54 Å². The van der Waals surface area contributed by atoms with Gasteiger partial charge in [-0.3, -0.25) is 0 Å². The van der Waals surface area contributed by atoms with Crippen molar-refractivity contribution in [2.45, 2.75) is 37.3 Å². The van der Waals surface area contributed by atoms with Crippen LogP contribution in [0.3, 0.4) is 0 Å². The topological polar surface area (TPSA) is 56.0 Å². The van der Waals surface area contributed by atoms with Crippen molar-refractivity contribution < 1.29 is 5.11 Å². The molecule has 17 heavy (non-hydrogen) atoms. The molecule has 1 unspecified atom stereocenters. The first-order chi connectivity index (χ1) is 8.23. The van der Waals surface area contributed by atoms with Crippen molar-refractivity contribution in [3.63, 3.8) is 0 Å². The first-order valence-electron chi connectivity index (χ1n) is 6.11. The minimum Gasteiger partial charge on any atom is -0.389 e. The summed E-state index contributed by atoms with van der Waals surface area (Å²) in [6.07, 6.45) is 3.27. The van der Waals surface area contributed by atoms with Gasteiger partial charge in [0.05, 0.1) is 18.1 Å². The largest absolute Gasteiger partial charge is 0.389 e. The van der Waals surface area contributed by atoms with Crippen molar-refractivity contribution in [3.8, 4) is 6.07 Å². The Bertz CT molecular complexity index is 392. The fourth-order valence-electron chi connectivity index (χ4n) is 2.16. The van der Waals surface area contributed by atoms with Crippen LogP contribution in [0.4, 0.5) is 0 Å². The molecule has 0 aliphatic heterocycles. The lowest BCUT2D eigenvalue weighted by atomic mass is 9.80. The van der Waals surface area contributed by atoms with Crippen LogP contribution in [0, 0.1) is 11.3 Å². The summed E-state index contributed by atoms with van der Waals surface area (Å²) in [7, 11) is 0. The Labute approximate surface area is 102 Å². The predicted molar refractivity (Wildman–Crippen MR) is 66.2 cm³/mol. The molecule has 2 N–H and O–H groups in total. The molecule has 1 aliphatic carbocycles. The van der Waals surface area contributed by atoms with E-state index in [1.807, 2.05) is 30.3 Å². The highest BCUT2D eigenvalue weighted by Crippen LogP contribution is 2.31. The van der Waals surface area contributed by atoms with E-state index in [1.54, 1.807) is 0 Å². The van der Waals surface area contributed by atoms with Crippen molar-refractivity contribution in [1.29, 1.82) is 5.26 Å². The molecule has 3 nitrogen and oxygen atoms in total. The van der Waals surface area contributed by atoms with Gasteiger partial charge in [-0.25, -0.2) is 0 Å².